The van der Waals surface area contributed by atoms with E-state index in [9.17, 15) is 4.79 Å². The molecular formula is C13H16ClNO2. The number of halogens is 1. The minimum Gasteiger partial charge on any atom is -0.372 e. The predicted molar refractivity (Wildman–Crippen MR) is 67.4 cm³/mol. The summed E-state index contributed by atoms with van der Waals surface area (Å²) in [5.41, 5.74) is 0.638. The SMILES string of the molecule is C[C@H]1CN(C(=O)c2cccc(Cl)c2)C[C@H](C)O1. The van der Waals surface area contributed by atoms with Gasteiger partial charge in [0.2, 0.25) is 0 Å². The van der Waals surface area contributed by atoms with Crippen molar-refractivity contribution in [3.05, 3.63) is 34.9 Å². The van der Waals surface area contributed by atoms with Gasteiger partial charge in [-0.15, -0.1) is 0 Å². The molecule has 17 heavy (non-hydrogen) atoms. The molecule has 0 N–H and O–H groups in total. The molecule has 1 aliphatic rings. The third-order valence-corrected chi connectivity index (χ3v) is 3.01. The van der Waals surface area contributed by atoms with Crippen molar-refractivity contribution in [3.63, 3.8) is 0 Å². The molecule has 3 nitrogen and oxygen atoms in total. The fourth-order valence-electron chi connectivity index (χ4n) is 2.15. The normalized spacial score (nSPS) is 24.8. The average molecular weight is 254 g/mol. The first kappa shape index (κ1) is 12.4. The van der Waals surface area contributed by atoms with Gasteiger partial charge in [-0.2, -0.15) is 0 Å². The van der Waals surface area contributed by atoms with Crippen LogP contribution in [-0.4, -0.2) is 36.1 Å². The molecule has 0 saturated carbocycles. The summed E-state index contributed by atoms with van der Waals surface area (Å²) < 4.78 is 5.61. The Morgan fingerprint density at radius 2 is 2.00 bits per heavy atom. The number of rotatable bonds is 1. The summed E-state index contributed by atoms with van der Waals surface area (Å²) in [6, 6.07) is 7.06. The average Bonchev–Trinajstić information content (AvgIpc) is 2.26. The standard InChI is InChI=1S/C13H16ClNO2/c1-9-7-15(8-10(2)17-9)13(16)11-4-3-5-12(14)6-11/h3-6,9-10H,7-8H2,1-2H3/t9-,10-/m0/s1. The minimum absolute atomic E-state index is 0.0227. The van der Waals surface area contributed by atoms with Crippen LogP contribution in [0.3, 0.4) is 0 Å². The van der Waals surface area contributed by atoms with E-state index >= 15 is 0 Å². The summed E-state index contributed by atoms with van der Waals surface area (Å²) >= 11 is 5.89. The molecule has 1 aliphatic heterocycles. The molecule has 1 amide bonds. The Bertz CT molecular complexity index is 412. The Balaban J connectivity index is 2.14. The number of benzene rings is 1. The van der Waals surface area contributed by atoms with Crippen LogP contribution >= 0.6 is 11.6 Å². The highest BCUT2D eigenvalue weighted by Crippen LogP contribution is 2.16. The van der Waals surface area contributed by atoms with Gasteiger partial charge in [0.1, 0.15) is 0 Å². The third-order valence-electron chi connectivity index (χ3n) is 2.78. The second-order valence-corrected chi connectivity index (χ2v) is 4.91. The highest BCUT2D eigenvalue weighted by Gasteiger charge is 2.26. The van der Waals surface area contributed by atoms with E-state index in [-0.39, 0.29) is 18.1 Å². The Hall–Kier alpha value is -1.06. The Kier molecular flexibility index (Phi) is 3.69. The molecule has 0 aliphatic carbocycles. The maximum atomic E-state index is 12.3. The van der Waals surface area contributed by atoms with Crippen LogP contribution in [0.25, 0.3) is 0 Å². The van der Waals surface area contributed by atoms with Crippen molar-refractivity contribution in [1.82, 2.24) is 4.90 Å². The highest BCUT2D eigenvalue weighted by atomic mass is 35.5. The van der Waals surface area contributed by atoms with Crippen LogP contribution in [-0.2, 0) is 4.74 Å². The van der Waals surface area contributed by atoms with E-state index in [2.05, 4.69) is 0 Å². The number of hydrogen-bond donors (Lipinski definition) is 0. The lowest BCUT2D eigenvalue weighted by molar-refractivity contribution is -0.0586. The molecule has 1 aromatic carbocycles. The zero-order valence-electron chi connectivity index (χ0n) is 10.0. The highest BCUT2D eigenvalue weighted by molar-refractivity contribution is 6.30. The van der Waals surface area contributed by atoms with Gasteiger partial charge in [0.25, 0.3) is 5.91 Å². The lowest BCUT2D eigenvalue weighted by Gasteiger charge is -2.35. The molecule has 1 heterocycles. The Morgan fingerprint density at radius 1 is 1.35 bits per heavy atom. The zero-order valence-corrected chi connectivity index (χ0v) is 10.8. The summed E-state index contributed by atoms with van der Waals surface area (Å²) in [4.78, 5) is 14.1. The summed E-state index contributed by atoms with van der Waals surface area (Å²) in [7, 11) is 0. The van der Waals surface area contributed by atoms with E-state index in [0.717, 1.165) is 0 Å². The van der Waals surface area contributed by atoms with Crippen molar-refractivity contribution in [1.29, 1.82) is 0 Å². The Labute approximate surface area is 106 Å². The second-order valence-electron chi connectivity index (χ2n) is 4.48. The summed E-state index contributed by atoms with van der Waals surface area (Å²) in [6.45, 7) is 5.23. The van der Waals surface area contributed by atoms with Crippen LogP contribution in [0.2, 0.25) is 5.02 Å². The predicted octanol–water partition coefficient (Wildman–Crippen LogP) is 2.59. The molecule has 1 aromatic rings. The lowest BCUT2D eigenvalue weighted by atomic mass is 10.1. The molecule has 0 radical (unpaired) electrons. The summed E-state index contributed by atoms with van der Waals surface area (Å²) in [6.07, 6.45) is 0.170. The molecule has 0 bridgehead atoms. The quantitative estimate of drug-likeness (QED) is 0.770. The Morgan fingerprint density at radius 3 is 2.59 bits per heavy atom. The minimum atomic E-state index is 0.0227. The van der Waals surface area contributed by atoms with E-state index in [4.69, 9.17) is 16.3 Å². The largest absolute Gasteiger partial charge is 0.372 e. The summed E-state index contributed by atoms with van der Waals surface area (Å²) in [5, 5.41) is 0.588. The molecule has 2 rings (SSSR count). The first-order valence-corrected chi connectivity index (χ1v) is 6.14. The molecule has 2 atom stereocenters. The molecule has 1 fully saturated rings. The van der Waals surface area contributed by atoms with E-state index in [0.29, 0.717) is 23.7 Å². The first-order valence-electron chi connectivity index (χ1n) is 5.76. The number of nitrogens with zero attached hydrogens (tertiary/aromatic N) is 1. The van der Waals surface area contributed by atoms with Crippen LogP contribution < -0.4 is 0 Å². The molecule has 0 aromatic heterocycles. The number of carbonyl (C=O) groups is 1. The maximum Gasteiger partial charge on any atom is 0.254 e. The first-order chi connectivity index (χ1) is 8.06. The fraction of sp³-hybridized carbons (Fsp3) is 0.462. The molecule has 0 spiro atoms. The van der Waals surface area contributed by atoms with Gasteiger partial charge in [0.15, 0.2) is 0 Å². The number of ether oxygens (including phenoxy) is 1. The van der Waals surface area contributed by atoms with Crippen LogP contribution in [0, 0.1) is 0 Å². The van der Waals surface area contributed by atoms with Crippen molar-refractivity contribution >= 4 is 17.5 Å². The van der Waals surface area contributed by atoms with Crippen LogP contribution in [0.15, 0.2) is 24.3 Å². The van der Waals surface area contributed by atoms with Gasteiger partial charge in [-0.05, 0) is 32.0 Å². The number of hydrogen-bond acceptors (Lipinski definition) is 2. The van der Waals surface area contributed by atoms with Gasteiger partial charge in [-0.1, -0.05) is 17.7 Å². The van der Waals surface area contributed by atoms with Crippen LogP contribution in [0.4, 0.5) is 0 Å². The van der Waals surface area contributed by atoms with Gasteiger partial charge in [-0.3, -0.25) is 4.79 Å². The van der Waals surface area contributed by atoms with E-state index in [1.165, 1.54) is 0 Å². The molecular weight excluding hydrogens is 238 g/mol. The van der Waals surface area contributed by atoms with Gasteiger partial charge >= 0.3 is 0 Å². The van der Waals surface area contributed by atoms with Gasteiger partial charge < -0.3 is 9.64 Å². The smallest absolute Gasteiger partial charge is 0.254 e. The molecule has 0 unspecified atom stereocenters. The fourth-order valence-corrected chi connectivity index (χ4v) is 2.34. The maximum absolute atomic E-state index is 12.3. The third kappa shape index (κ3) is 2.99. The van der Waals surface area contributed by atoms with Crippen molar-refractivity contribution in [2.75, 3.05) is 13.1 Å². The zero-order chi connectivity index (χ0) is 12.4. The van der Waals surface area contributed by atoms with E-state index in [1.54, 1.807) is 24.3 Å². The second kappa shape index (κ2) is 5.07. The van der Waals surface area contributed by atoms with Crippen molar-refractivity contribution < 1.29 is 9.53 Å². The molecule has 1 saturated heterocycles. The monoisotopic (exact) mass is 253 g/mol. The molecule has 92 valence electrons. The van der Waals surface area contributed by atoms with Crippen molar-refractivity contribution in [2.45, 2.75) is 26.1 Å². The number of amides is 1. The topological polar surface area (TPSA) is 29.5 Å². The van der Waals surface area contributed by atoms with Gasteiger partial charge in [0, 0.05) is 23.7 Å². The summed E-state index contributed by atoms with van der Waals surface area (Å²) in [5.74, 6) is 0.0227. The molecule has 4 heteroatoms. The lowest BCUT2D eigenvalue weighted by Crippen LogP contribution is -2.48. The van der Waals surface area contributed by atoms with Crippen molar-refractivity contribution in [2.24, 2.45) is 0 Å². The number of carbonyl (C=O) groups excluding carboxylic acids is 1. The van der Waals surface area contributed by atoms with Crippen molar-refractivity contribution in [3.8, 4) is 0 Å². The van der Waals surface area contributed by atoms with Crippen LogP contribution in [0.5, 0.6) is 0 Å². The van der Waals surface area contributed by atoms with E-state index in [1.807, 2.05) is 18.7 Å². The van der Waals surface area contributed by atoms with Crippen LogP contribution in [0.1, 0.15) is 24.2 Å². The van der Waals surface area contributed by atoms with Gasteiger partial charge in [0.05, 0.1) is 12.2 Å². The number of morpholine rings is 1. The van der Waals surface area contributed by atoms with E-state index < -0.39 is 0 Å². The van der Waals surface area contributed by atoms with Gasteiger partial charge in [-0.25, -0.2) is 0 Å².